The fourth-order valence-corrected chi connectivity index (χ4v) is 5.71. The van der Waals surface area contributed by atoms with E-state index in [1.165, 1.54) is 38.4 Å². The number of aryl methyl sites for hydroxylation is 3. The van der Waals surface area contributed by atoms with Crippen LogP contribution in [0.2, 0.25) is 0 Å². The second-order valence-corrected chi connectivity index (χ2v) is 9.07. The van der Waals surface area contributed by atoms with E-state index in [9.17, 15) is 14.9 Å². The van der Waals surface area contributed by atoms with E-state index in [4.69, 9.17) is 0 Å². The fourth-order valence-electron chi connectivity index (χ4n) is 3.53. The molecule has 0 saturated carbocycles. The maximum Gasteiger partial charge on any atom is 0.262 e. The first-order valence-electron chi connectivity index (χ1n) is 9.43. The lowest BCUT2D eigenvalue weighted by Gasteiger charge is -2.09. The minimum atomic E-state index is -0.193. The van der Waals surface area contributed by atoms with Gasteiger partial charge in [0.15, 0.2) is 0 Å². The number of amides is 1. The molecule has 0 aromatic carbocycles. The molecule has 0 spiro atoms. The molecule has 28 heavy (non-hydrogen) atoms. The van der Waals surface area contributed by atoms with Gasteiger partial charge in [-0.15, -0.1) is 22.7 Å². The fraction of sp³-hybridized carbons (Fsp3) is 0.400. The van der Waals surface area contributed by atoms with Gasteiger partial charge in [0.25, 0.3) is 5.56 Å². The number of nitrogens with zero attached hydrogens (tertiary/aromatic N) is 3. The van der Waals surface area contributed by atoms with Crippen LogP contribution < -0.4 is 10.9 Å². The average molecular weight is 413 g/mol. The molecule has 1 aliphatic carbocycles. The van der Waals surface area contributed by atoms with E-state index in [0.29, 0.717) is 16.0 Å². The van der Waals surface area contributed by atoms with Crippen LogP contribution in [0.1, 0.15) is 47.1 Å². The van der Waals surface area contributed by atoms with Gasteiger partial charge in [-0.25, -0.2) is 4.98 Å². The molecule has 0 saturated heterocycles. The lowest BCUT2D eigenvalue weighted by molar-refractivity contribution is -0.116. The van der Waals surface area contributed by atoms with E-state index in [0.717, 1.165) is 47.4 Å². The highest BCUT2D eigenvalue weighted by atomic mass is 32.1. The Bertz CT molecular complexity index is 1150. The Morgan fingerprint density at radius 3 is 2.96 bits per heavy atom. The Labute approximate surface area is 170 Å². The zero-order valence-electron chi connectivity index (χ0n) is 15.6. The number of thiophene rings is 2. The molecule has 144 valence electrons. The topological polar surface area (TPSA) is 87.8 Å². The summed E-state index contributed by atoms with van der Waals surface area (Å²) in [6.45, 7) is 2.31. The number of hydrogen-bond acceptors (Lipinski definition) is 6. The first kappa shape index (κ1) is 18.8. The number of hydrogen-bond donors (Lipinski definition) is 1. The zero-order valence-corrected chi connectivity index (χ0v) is 17.2. The highest BCUT2D eigenvalue weighted by Crippen LogP contribution is 2.37. The standard InChI is InChI=1S/C20H20N4O2S2/c1-2-12-9-14-18(27-12)22-11-24(20(14)26)8-7-17(25)23-19-15(10-21)13-5-3-4-6-16(13)28-19/h9,11H,2-8H2,1H3,(H,23,25). The Kier molecular flexibility index (Phi) is 5.29. The number of fused-ring (bicyclic) bond motifs is 2. The van der Waals surface area contributed by atoms with Crippen LogP contribution in [0.5, 0.6) is 0 Å². The van der Waals surface area contributed by atoms with Crippen molar-refractivity contribution < 1.29 is 4.79 Å². The van der Waals surface area contributed by atoms with Gasteiger partial charge in [0.05, 0.1) is 17.3 Å². The summed E-state index contributed by atoms with van der Waals surface area (Å²) in [5.41, 5.74) is 1.60. The molecular weight excluding hydrogens is 392 g/mol. The minimum absolute atomic E-state index is 0.113. The van der Waals surface area contributed by atoms with E-state index in [1.54, 1.807) is 0 Å². The minimum Gasteiger partial charge on any atom is -0.317 e. The Morgan fingerprint density at radius 1 is 1.36 bits per heavy atom. The van der Waals surface area contributed by atoms with Gasteiger partial charge < -0.3 is 5.32 Å². The summed E-state index contributed by atoms with van der Waals surface area (Å²) in [5.74, 6) is -0.193. The molecule has 4 rings (SSSR count). The number of nitrogens with one attached hydrogen (secondary N) is 1. The van der Waals surface area contributed by atoms with Crippen molar-refractivity contribution in [3.8, 4) is 6.07 Å². The highest BCUT2D eigenvalue weighted by Gasteiger charge is 2.21. The molecule has 3 aromatic heterocycles. The molecule has 3 heterocycles. The molecule has 0 atom stereocenters. The third kappa shape index (κ3) is 3.48. The molecular formula is C20H20N4O2S2. The molecule has 1 aliphatic rings. The summed E-state index contributed by atoms with van der Waals surface area (Å²) < 4.78 is 1.48. The summed E-state index contributed by atoms with van der Waals surface area (Å²) in [4.78, 5) is 32.5. The normalized spacial score (nSPS) is 13.3. The van der Waals surface area contributed by atoms with Gasteiger partial charge in [-0.05, 0) is 43.7 Å². The van der Waals surface area contributed by atoms with Gasteiger partial charge in [0.2, 0.25) is 5.91 Å². The molecule has 1 amide bonds. The van der Waals surface area contributed by atoms with Gasteiger partial charge >= 0.3 is 0 Å². The number of rotatable bonds is 5. The molecule has 0 radical (unpaired) electrons. The number of carbonyl (C=O) groups is 1. The molecule has 0 fully saturated rings. The Balaban J connectivity index is 1.48. The van der Waals surface area contributed by atoms with Gasteiger partial charge in [-0.3, -0.25) is 14.2 Å². The summed E-state index contributed by atoms with van der Waals surface area (Å²) >= 11 is 3.04. The lowest BCUT2D eigenvalue weighted by Crippen LogP contribution is -2.23. The number of aromatic nitrogens is 2. The van der Waals surface area contributed by atoms with Crippen molar-refractivity contribution in [1.29, 1.82) is 5.26 Å². The van der Waals surface area contributed by atoms with Crippen LogP contribution in [0.15, 0.2) is 17.2 Å². The van der Waals surface area contributed by atoms with Gasteiger partial charge in [0, 0.05) is 22.7 Å². The van der Waals surface area contributed by atoms with E-state index in [2.05, 4.69) is 16.4 Å². The van der Waals surface area contributed by atoms with E-state index in [-0.39, 0.29) is 24.4 Å². The number of nitriles is 1. The van der Waals surface area contributed by atoms with Crippen LogP contribution in [0.3, 0.4) is 0 Å². The van der Waals surface area contributed by atoms with Crippen LogP contribution in [-0.2, 0) is 30.6 Å². The quantitative estimate of drug-likeness (QED) is 0.689. The average Bonchev–Trinajstić information content (AvgIpc) is 3.28. The SMILES string of the molecule is CCc1cc2c(=O)n(CCC(=O)Nc3sc4c(c3C#N)CCCC4)cnc2s1. The summed E-state index contributed by atoms with van der Waals surface area (Å²) in [5, 5.41) is 13.6. The second kappa shape index (κ2) is 7.86. The molecule has 3 aromatic rings. The highest BCUT2D eigenvalue weighted by molar-refractivity contribution is 7.18. The van der Waals surface area contributed by atoms with Crippen molar-refractivity contribution >= 4 is 43.8 Å². The van der Waals surface area contributed by atoms with Gasteiger partial charge in [-0.1, -0.05) is 6.92 Å². The predicted molar refractivity (Wildman–Crippen MR) is 112 cm³/mol. The van der Waals surface area contributed by atoms with Gasteiger partial charge in [-0.2, -0.15) is 5.26 Å². The van der Waals surface area contributed by atoms with Gasteiger partial charge in [0.1, 0.15) is 15.9 Å². The summed E-state index contributed by atoms with van der Waals surface area (Å²) in [6.07, 6.45) is 6.65. The largest absolute Gasteiger partial charge is 0.317 e. The van der Waals surface area contributed by atoms with E-state index >= 15 is 0 Å². The summed E-state index contributed by atoms with van der Waals surface area (Å²) in [6, 6.07) is 4.14. The molecule has 0 aliphatic heterocycles. The lowest BCUT2D eigenvalue weighted by atomic mass is 9.96. The van der Waals surface area contributed by atoms with Crippen LogP contribution in [-0.4, -0.2) is 15.5 Å². The van der Waals surface area contributed by atoms with Crippen molar-refractivity contribution in [1.82, 2.24) is 9.55 Å². The smallest absolute Gasteiger partial charge is 0.262 e. The van der Waals surface area contributed by atoms with E-state index in [1.807, 2.05) is 13.0 Å². The summed E-state index contributed by atoms with van der Waals surface area (Å²) in [7, 11) is 0. The predicted octanol–water partition coefficient (Wildman–Crippen LogP) is 3.86. The molecule has 0 unspecified atom stereocenters. The van der Waals surface area contributed by atoms with Crippen LogP contribution >= 0.6 is 22.7 Å². The van der Waals surface area contributed by atoms with Crippen molar-refractivity contribution in [2.75, 3.05) is 5.32 Å². The molecule has 6 nitrogen and oxygen atoms in total. The number of carbonyl (C=O) groups excluding carboxylic acids is 1. The van der Waals surface area contributed by atoms with Crippen LogP contribution in [0, 0.1) is 11.3 Å². The first-order chi connectivity index (χ1) is 13.6. The van der Waals surface area contributed by atoms with Crippen LogP contribution in [0.4, 0.5) is 5.00 Å². The Morgan fingerprint density at radius 2 is 2.18 bits per heavy atom. The van der Waals surface area contributed by atoms with Crippen molar-refractivity contribution in [2.45, 2.75) is 52.0 Å². The maximum atomic E-state index is 12.6. The second-order valence-electron chi connectivity index (χ2n) is 6.85. The third-order valence-corrected chi connectivity index (χ3v) is 7.43. The monoisotopic (exact) mass is 412 g/mol. The third-order valence-electron chi connectivity index (χ3n) is 5.03. The van der Waals surface area contributed by atoms with Crippen molar-refractivity contribution in [2.24, 2.45) is 0 Å². The maximum absolute atomic E-state index is 12.6. The van der Waals surface area contributed by atoms with Crippen molar-refractivity contribution in [3.05, 3.63) is 43.6 Å². The van der Waals surface area contributed by atoms with E-state index < -0.39 is 0 Å². The molecule has 8 heteroatoms. The molecule has 1 N–H and O–H groups in total. The van der Waals surface area contributed by atoms with Crippen molar-refractivity contribution in [3.63, 3.8) is 0 Å². The zero-order chi connectivity index (χ0) is 19.7. The van der Waals surface area contributed by atoms with Crippen LogP contribution in [0.25, 0.3) is 10.2 Å². The Hall–Kier alpha value is -2.50. The molecule has 0 bridgehead atoms. The number of anilines is 1. The first-order valence-corrected chi connectivity index (χ1v) is 11.1.